The topological polar surface area (TPSA) is 67.2 Å². The van der Waals surface area contributed by atoms with E-state index in [1.165, 1.54) is 12.1 Å². The third-order valence-corrected chi connectivity index (χ3v) is 5.61. The van der Waals surface area contributed by atoms with E-state index in [2.05, 4.69) is 10.1 Å². The van der Waals surface area contributed by atoms with Crippen LogP contribution in [0.4, 0.5) is 15.9 Å². The van der Waals surface area contributed by atoms with E-state index in [1.54, 1.807) is 24.1 Å². The molecule has 1 amide bonds. The molecule has 156 valence electrons. The first kappa shape index (κ1) is 20.0. The Morgan fingerprint density at radius 3 is 2.53 bits per heavy atom. The maximum absolute atomic E-state index is 13.1. The summed E-state index contributed by atoms with van der Waals surface area (Å²) in [5.41, 5.74) is 3.66. The Morgan fingerprint density at radius 1 is 1.07 bits per heavy atom. The number of amides is 1. The van der Waals surface area contributed by atoms with Crippen molar-refractivity contribution < 1.29 is 9.18 Å². The standard InChI is InChI=1S/C22H25FN6O/c1-14-20-21(27(3)15(2)22(30)28(20)4)26-19(25-14)10-7-17-11-24-29(13-17)12-16-5-8-18(23)9-6-16/h5-6,8-9,11,13,15H,7,10,12H2,1-4H3/t15-/m0/s1. The summed E-state index contributed by atoms with van der Waals surface area (Å²) >= 11 is 0. The molecular formula is C22H25FN6O. The average Bonchev–Trinajstić information content (AvgIpc) is 3.17. The summed E-state index contributed by atoms with van der Waals surface area (Å²) in [6.45, 7) is 4.39. The van der Waals surface area contributed by atoms with Crippen molar-refractivity contribution in [2.75, 3.05) is 23.9 Å². The quantitative estimate of drug-likeness (QED) is 0.649. The van der Waals surface area contributed by atoms with Gasteiger partial charge in [-0.3, -0.25) is 9.48 Å². The number of likely N-dealkylation sites (N-methyl/N-ethyl adjacent to an activating group) is 2. The summed E-state index contributed by atoms with van der Waals surface area (Å²) in [6.07, 6.45) is 5.27. The Bertz CT molecular complexity index is 1080. The van der Waals surface area contributed by atoms with Crippen molar-refractivity contribution in [2.45, 2.75) is 39.3 Å². The second kappa shape index (κ2) is 7.85. The molecular weight excluding hydrogens is 383 g/mol. The number of benzene rings is 1. The van der Waals surface area contributed by atoms with E-state index in [0.29, 0.717) is 13.0 Å². The second-order valence-corrected chi connectivity index (χ2v) is 7.75. The van der Waals surface area contributed by atoms with Gasteiger partial charge in [0.15, 0.2) is 5.82 Å². The van der Waals surface area contributed by atoms with Crippen molar-refractivity contribution in [2.24, 2.45) is 0 Å². The maximum atomic E-state index is 13.1. The number of carbonyl (C=O) groups is 1. The van der Waals surface area contributed by atoms with Crippen LogP contribution < -0.4 is 9.80 Å². The van der Waals surface area contributed by atoms with Crippen molar-refractivity contribution in [1.82, 2.24) is 19.7 Å². The Labute approximate surface area is 175 Å². The van der Waals surface area contributed by atoms with E-state index in [9.17, 15) is 9.18 Å². The number of carbonyl (C=O) groups excluding carboxylic acids is 1. The van der Waals surface area contributed by atoms with Gasteiger partial charge in [-0.05, 0) is 43.5 Å². The summed E-state index contributed by atoms with van der Waals surface area (Å²) in [7, 11) is 3.67. The first-order valence-electron chi connectivity index (χ1n) is 9.97. The molecule has 0 bridgehead atoms. The van der Waals surface area contributed by atoms with Gasteiger partial charge in [-0.1, -0.05) is 12.1 Å². The minimum atomic E-state index is -0.255. The number of fused-ring (bicyclic) bond motifs is 1. The van der Waals surface area contributed by atoms with Crippen LogP contribution in [0.25, 0.3) is 0 Å². The molecule has 0 radical (unpaired) electrons. The summed E-state index contributed by atoms with van der Waals surface area (Å²) in [6, 6.07) is 6.19. The van der Waals surface area contributed by atoms with Gasteiger partial charge in [-0.15, -0.1) is 0 Å². The molecule has 3 aromatic rings. The third kappa shape index (κ3) is 3.77. The van der Waals surface area contributed by atoms with Gasteiger partial charge >= 0.3 is 0 Å². The van der Waals surface area contributed by atoms with E-state index >= 15 is 0 Å². The van der Waals surface area contributed by atoms with Crippen LogP contribution >= 0.6 is 0 Å². The number of hydrogen-bond donors (Lipinski definition) is 0. The first-order chi connectivity index (χ1) is 14.3. The molecule has 0 spiro atoms. The number of rotatable bonds is 5. The maximum Gasteiger partial charge on any atom is 0.249 e. The van der Waals surface area contributed by atoms with Gasteiger partial charge in [0, 0.05) is 26.7 Å². The molecule has 8 heteroatoms. The molecule has 30 heavy (non-hydrogen) atoms. The predicted molar refractivity (Wildman–Crippen MR) is 113 cm³/mol. The van der Waals surface area contributed by atoms with Gasteiger partial charge < -0.3 is 9.80 Å². The Balaban J connectivity index is 1.47. The molecule has 1 aromatic carbocycles. The normalized spacial score (nSPS) is 16.2. The van der Waals surface area contributed by atoms with E-state index in [-0.39, 0.29) is 17.8 Å². The molecule has 0 saturated carbocycles. The molecule has 0 unspecified atom stereocenters. The van der Waals surface area contributed by atoms with Crippen molar-refractivity contribution in [1.29, 1.82) is 0 Å². The lowest BCUT2D eigenvalue weighted by molar-refractivity contribution is -0.119. The minimum Gasteiger partial charge on any atom is -0.346 e. The molecule has 0 aliphatic carbocycles. The van der Waals surface area contributed by atoms with Gasteiger partial charge in [-0.25, -0.2) is 14.4 Å². The van der Waals surface area contributed by atoms with Crippen LogP contribution in [0, 0.1) is 12.7 Å². The number of hydrogen-bond acceptors (Lipinski definition) is 5. The fourth-order valence-corrected chi connectivity index (χ4v) is 3.75. The Morgan fingerprint density at radius 2 is 1.80 bits per heavy atom. The third-order valence-electron chi connectivity index (χ3n) is 5.61. The molecule has 1 aliphatic heterocycles. The molecule has 7 nitrogen and oxygen atoms in total. The average molecular weight is 408 g/mol. The lowest BCUT2D eigenvalue weighted by Gasteiger charge is -2.37. The van der Waals surface area contributed by atoms with Gasteiger partial charge in [0.2, 0.25) is 5.91 Å². The molecule has 3 heterocycles. The number of nitrogens with zero attached hydrogens (tertiary/aromatic N) is 6. The minimum absolute atomic E-state index is 0.0398. The second-order valence-electron chi connectivity index (χ2n) is 7.75. The summed E-state index contributed by atoms with van der Waals surface area (Å²) in [4.78, 5) is 25.3. The van der Waals surface area contributed by atoms with Crippen LogP contribution in [0.15, 0.2) is 36.7 Å². The van der Waals surface area contributed by atoms with Gasteiger partial charge in [-0.2, -0.15) is 5.10 Å². The van der Waals surface area contributed by atoms with Gasteiger partial charge in [0.1, 0.15) is 23.4 Å². The SMILES string of the molecule is Cc1nc(CCc2cnn(Cc3ccc(F)cc3)c2)nc2c1N(C)C(=O)[C@H](C)N2C. The van der Waals surface area contributed by atoms with Crippen LogP contribution in [-0.2, 0) is 24.2 Å². The molecule has 1 atom stereocenters. The molecule has 1 aliphatic rings. The van der Waals surface area contributed by atoms with Crippen molar-refractivity contribution >= 4 is 17.4 Å². The molecule has 2 aromatic heterocycles. The molecule has 0 N–H and O–H groups in total. The number of aryl methyl sites for hydroxylation is 3. The predicted octanol–water partition coefficient (Wildman–Crippen LogP) is 2.76. The highest BCUT2D eigenvalue weighted by molar-refractivity contribution is 6.04. The fraction of sp³-hybridized carbons (Fsp3) is 0.364. The lowest BCUT2D eigenvalue weighted by atomic mass is 10.1. The van der Waals surface area contributed by atoms with E-state index < -0.39 is 0 Å². The lowest BCUT2D eigenvalue weighted by Crippen LogP contribution is -2.50. The summed E-state index contributed by atoms with van der Waals surface area (Å²) < 4.78 is 14.9. The van der Waals surface area contributed by atoms with E-state index in [0.717, 1.165) is 40.6 Å². The monoisotopic (exact) mass is 408 g/mol. The van der Waals surface area contributed by atoms with Crippen molar-refractivity contribution in [3.63, 3.8) is 0 Å². The van der Waals surface area contributed by atoms with Crippen LogP contribution in [0.1, 0.15) is 29.6 Å². The van der Waals surface area contributed by atoms with Gasteiger partial charge in [0.05, 0.1) is 18.4 Å². The van der Waals surface area contributed by atoms with Gasteiger partial charge in [0.25, 0.3) is 0 Å². The highest BCUT2D eigenvalue weighted by Gasteiger charge is 2.34. The number of halogens is 1. The molecule has 0 fully saturated rings. The zero-order valence-electron chi connectivity index (χ0n) is 17.6. The summed E-state index contributed by atoms with van der Waals surface area (Å²) in [5, 5.41) is 4.40. The molecule has 0 saturated heterocycles. The fourth-order valence-electron chi connectivity index (χ4n) is 3.75. The van der Waals surface area contributed by atoms with E-state index in [1.807, 2.05) is 42.9 Å². The highest BCUT2D eigenvalue weighted by atomic mass is 19.1. The number of aromatic nitrogens is 4. The first-order valence-corrected chi connectivity index (χ1v) is 9.97. The largest absolute Gasteiger partial charge is 0.346 e. The Hall–Kier alpha value is -3.29. The number of anilines is 2. The van der Waals surface area contributed by atoms with Crippen LogP contribution in [0.2, 0.25) is 0 Å². The smallest absolute Gasteiger partial charge is 0.249 e. The zero-order valence-corrected chi connectivity index (χ0v) is 17.6. The summed E-state index contributed by atoms with van der Waals surface area (Å²) in [5.74, 6) is 1.34. The van der Waals surface area contributed by atoms with Crippen LogP contribution in [-0.4, -0.2) is 45.8 Å². The van der Waals surface area contributed by atoms with Crippen molar-refractivity contribution in [3.05, 3.63) is 65.1 Å². The van der Waals surface area contributed by atoms with Crippen LogP contribution in [0.3, 0.4) is 0 Å². The van der Waals surface area contributed by atoms with Crippen LogP contribution in [0.5, 0.6) is 0 Å². The molecule has 4 rings (SSSR count). The van der Waals surface area contributed by atoms with Crippen molar-refractivity contribution in [3.8, 4) is 0 Å². The van der Waals surface area contributed by atoms with E-state index in [4.69, 9.17) is 4.98 Å². The highest BCUT2D eigenvalue weighted by Crippen LogP contribution is 2.34. The Kier molecular flexibility index (Phi) is 5.24. The zero-order chi connectivity index (χ0) is 21.4.